The number of carbonyl (C=O) groups excluding carboxylic acids is 4. The number of hydrogen-bond donors (Lipinski definition) is 8. The summed E-state index contributed by atoms with van der Waals surface area (Å²) in [4.78, 5) is 68.6. The standard InChI is InChI=1S/C15H25N5O9/c1-6(15(28)29)18-13(26)8(4-11(23)24)19-14(27)9(5-21)20-12(25)7(16)2-3-10(17)22/h6-9,21H,2-5,16H2,1H3,(H2,17,22)(H,18,26)(H,19,27)(H,20,25)(H,23,24)(H,28,29). The van der Waals surface area contributed by atoms with E-state index in [1.807, 2.05) is 10.6 Å². The van der Waals surface area contributed by atoms with Gasteiger partial charge >= 0.3 is 11.9 Å². The summed E-state index contributed by atoms with van der Waals surface area (Å²) < 4.78 is 0. The number of aliphatic hydroxyl groups excluding tert-OH is 1. The number of carboxylic acid groups (broad SMARTS) is 2. The Kier molecular flexibility index (Phi) is 10.9. The fraction of sp³-hybridized carbons (Fsp3) is 0.600. The summed E-state index contributed by atoms with van der Waals surface area (Å²) in [5.41, 5.74) is 10.5. The molecule has 0 bridgehead atoms. The molecule has 0 heterocycles. The Morgan fingerprint density at radius 3 is 1.86 bits per heavy atom. The number of amides is 4. The van der Waals surface area contributed by atoms with Crippen LogP contribution >= 0.6 is 0 Å². The maximum Gasteiger partial charge on any atom is 0.325 e. The van der Waals surface area contributed by atoms with Crippen molar-refractivity contribution in [2.45, 2.75) is 50.4 Å². The maximum atomic E-state index is 12.2. The molecule has 0 aromatic heterocycles. The summed E-state index contributed by atoms with van der Waals surface area (Å²) in [7, 11) is 0. The van der Waals surface area contributed by atoms with Crippen LogP contribution in [0.4, 0.5) is 0 Å². The number of carbonyl (C=O) groups is 6. The number of rotatable bonds is 13. The van der Waals surface area contributed by atoms with Crippen LogP contribution in [0.3, 0.4) is 0 Å². The van der Waals surface area contributed by atoms with Crippen molar-refractivity contribution < 1.29 is 44.1 Å². The Hall–Kier alpha value is -3.26. The fourth-order valence-electron chi connectivity index (χ4n) is 1.93. The van der Waals surface area contributed by atoms with Gasteiger partial charge in [-0.2, -0.15) is 0 Å². The van der Waals surface area contributed by atoms with E-state index in [2.05, 4.69) is 5.32 Å². The van der Waals surface area contributed by atoms with Gasteiger partial charge in [0.05, 0.1) is 19.1 Å². The predicted molar refractivity (Wildman–Crippen MR) is 94.8 cm³/mol. The van der Waals surface area contributed by atoms with Crippen molar-refractivity contribution in [3.63, 3.8) is 0 Å². The first-order valence-electron chi connectivity index (χ1n) is 8.39. The van der Waals surface area contributed by atoms with Gasteiger partial charge in [0.1, 0.15) is 18.1 Å². The molecule has 14 nitrogen and oxygen atoms in total. The maximum absolute atomic E-state index is 12.2. The van der Waals surface area contributed by atoms with E-state index in [9.17, 15) is 33.9 Å². The van der Waals surface area contributed by atoms with E-state index in [0.29, 0.717) is 0 Å². The van der Waals surface area contributed by atoms with Gasteiger partial charge in [-0.3, -0.25) is 28.8 Å². The second-order valence-corrected chi connectivity index (χ2v) is 6.08. The number of aliphatic carboxylic acids is 2. The van der Waals surface area contributed by atoms with Gasteiger partial charge in [-0.1, -0.05) is 0 Å². The Labute approximate surface area is 165 Å². The molecule has 0 rings (SSSR count). The van der Waals surface area contributed by atoms with Crippen molar-refractivity contribution >= 4 is 35.6 Å². The SMILES string of the molecule is CC(NC(=O)C(CC(=O)O)NC(=O)C(CO)NC(=O)C(N)CCC(N)=O)C(=O)O. The second kappa shape index (κ2) is 12.2. The molecule has 0 aromatic rings. The van der Waals surface area contributed by atoms with Crippen LogP contribution in [0, 0.1) is 0 Å². The number of nitrogens with one attached hydrogen (secondary N) is 3. The van der Waals surface area contributed by atoms with Crippen molar-refractivity contribution in [3.8, 4) is 0 Å². The number of carboxylic acids is 2. The van der Waals surface area contributed by atoms with E-state index in [0.717, 1.165) is 6.92 Å². The molecule has 0 fully saturated rings. The average molecular weight is 419 g/mol. The molecule has 0 aliphatic rings. The molecular formula is C15H25N5O9. The van der Waals surface area contributed by atoms with Crippen LogP contribution in [0.2, 0.25) is 0 Å². The summed E-state index contributed by atoms with van der Waals surface area (Å²) in [5, 5.41) is 33.1. The molecule has 0 spiro atoms. The van der Waals surface area contributed by atoms with E-state index >= 15 is 0 Å². The van der Waals surface area contributed by atoms with Crippen molar-refractivity contribution in [1.82, 2.24) is 16.0 Å². The molecule has 0 saturated carbocycles. The van der Waals surface area contributed by atoms with E-state index in [1.165, 1.54) is 0 Å². The molecule has 164 valence electrons. The molecule has 4 unspecified atom stereocenters. The van der Waals surface area contributed by atoms with Crippen LogP contribution in [-0.4, -0.2) is 81.7 Å². The van der Waals surface area contributed by atoms with Gasteiger partial charge < -0.3 is 42.7 Å². The van der Waals surface area contributed by atoms with Crippen LogP contribution in [0.1, 0.15) is 26.2 Å². The molecule has 14 heteroatoms. The smallest absolute Gasteiger partial charge is 0.325 e. The first-order chi connectivity index (χ1) is 13.4. The van der Waals surface area contributed by atoms with E-state index in [-0.39, 0.29) is 12.8 Å². The van der Waals surface area contributed by atoms with Crippen molar-refractivity contribution in [1.29, 1.82) is 0 Å². The Balaban J connectivity index is 5.07. The molecule has 4 atom stereocenters. The van der Waals surface area contributed by atoms with Gasteiger partial charge in [0.25, 0.3) is 0 Å². The van der Waals surface area contributed by atoms with Gasteiger partial charge in [-0.25, -0.2) is 0 Å². The first-order valence-corrected chi connectivity index (χ1v) is 8.39. The monoisotopic (exact) mass is 419 g/mol. The molecule has 10 N–H and O–H groups in total. The molecule has 0 aliphatic carbocycles. The van der Waals surface area contributed by atoms with E-state index in [4.69, 9.17) is 21.7 Å². The Bertz CT molecular complexity index is 654. The lowest BCUT2D eigenvalue weighted by Gasteiger charge is -2.23. The minimum absolute atomic E-state index is 0.113. The first kappa shape index (κ1) is 25.7. The summed E-state index contributed by atoms with van der Waals surface area (Å²) >= 11 is 0. The van der Waals surface area contributed by atoms with Gasteiger partial charge in [0.15, 0.2) is 0 Å². The summed E-state index contributed by atoms with van der Waals surface area (Å²) in [6.07, 6.45) is -1.18. The molecular weight excluding hydrogens is 394 g/mol. The zero-order chi connectivity index (χ0) is 22.7. The van der Waals surface area contributed by atoms with Crippen LogP contribution in [-0.2, 0) is 28.8 Å². The molecule has 0 radical (unpaired) electrons. The van der Waals surface area contributed by atoms with E-state index in [1.54, 1.807) is 0 Å². The zero-order valence-electron chi connectivity index (χ0n) is 15.6. The average Bonchev–Trinajstić information content (AvgIpc) is 2.62. The molecule has 4 amide bonds. The lowest BCUT2D eigenvalue weighted by Crippen LogP contribution is -2.58. The number of primary amides is 1. The lowest BCUT2D eigenvalue weighted by atomic mass is 10.1. The topological polar surface area (TPSA) is 251 Å². The molecule has 29 heavy (non-hydrogen) atoms. The zero-order valence-corrected chi connectivity index (χ0v) is 15.6. The summed E-state index contributed by atoms with van der Waals surface area (Å²) in [6.45, 7) is 0.219. The Morgan fingerprint density at radius 1 is 0.897 bits per heavy atom. The largest absolute Gasteiger partial charge is 0.481 e. The van der Waals surface area contributed by atoms with Crippen LogP contribution in [0.5, 0.6) is 0 Å². The normalized spacial score (nSPS) is 14.6. The highest BCUT2D eigenvalue weighted by Crippen LogP contribution is 1.99. The van der Waals surface area contributed by atoms with Crippen molar-refractivity contribution in [2.75, 3.05) is 6.61 Å². The number of hydrogen-bond acceptors (Lipinski definition) is 8. The Morgan fingerprint density at radius 2 is 1.41 bits per heavy atom. The van der Waals surface area contributed by atoms with Gasteiger partial charge in [-0.15, -0.1) is 0 Å². The highest BCUT2D eigenvalue weighted by Gasteiger charge is 2.30. The summed E-state index contributed by atoms with van der Waals surface area (Å²) in [5.74, 6) is -6.62. The number of aliphatic hydroxyl groups is 1. The number of nitrogens with two attached hydrogens (primary N) is 2. The minimum atomic E-state index is -1.67. The third kappa shape index (κ3) is 10.0. The van der Waals surface area contributed by atoms with E-state index < -0.39 is 72.8 Å². The van der Waals surface area contributed by atoms with Crippen molar-refractivity contribution in [2.24, 2.45) is 11.5 Å². The van der Waals surface area contributed by atoms with Crippen LogP contribution < -0.4 is 27.4 Å². The predicted octanol–water partition coefficient (Wildman–Crippen LogP) is -4.39. The minimum Gasteiger partial charge on any atom is -0.481 e. The third-order valence-electron chi connectivity index (χ3n) is 3.59. The fourth-order valence-corrected chi connectivity index (χ4v) is 1.93. The van der Waals surface area contributed by atoms with Gasteiger partial charge in [0.2, 0.25) is 23.6 Å². The molecule has 0 saturated heterocycles. The van der Waals surface area contributed by atoms with Crippen molar-refractivity contribution in [3.05, 3.63) is 0 Å². The van der Waals surface area contributed by atoms with Gasteiger partial charge in [-0.05, 0) is 13.3 Å². The molecule has 0 aliphatic heterocycles. The third-order valence-corrected chi connectivity index (χ3v) is 3.59. The van der Waals surface area contributed by atoms with Gasteiger partial charge in [0, 0.05) is 6.42 Å². The summed E-state index contributed by atoms with van der Waals surface area (Å²) in [6, 6.07) is -5.81. The van der Waals surface area contributed by atoms with Crippen LogP contribution in [0.15, 0.2) is 0 Å². The lowest BCUT2D eigenvalue weighted by molar-refractivity contribution is -0.143. The van der Waals surface area contributed by atoms with Crippen LogP contribution in [0.25, 0.3) is 0 Å². The molecule has 0 aromatic carbocycles. The second-order valence-electron chi connectivity index (χ2n) is 6.08. The highest BCUT2D eigenvalue weighted by atomic mass is 16.4. The quantitative estimate of drug-likeness (QED) is 0.142. The highest BCUT2D eigenvalue weighted by molar-refractivity contribution is 5.95.